The van der Waals surface area contributed by atoms with Crippen LogP contribution in [-0.2, 0) is 4.79 Å². The van der Waals surface area contributed by atoms with Gasteiger partial charge in [0.05, 0.1) is 28.6 Å². The number of rotatable bonds is 5. The van der Waals surface area contributed by atoms with Gasteiger partial charge in [-0.3, -0.25) is 19.3 Å². The van der Waals surface area contributed by atoms with Crippen LogP contribution in [0.25, 0.3) is 38.6 Å². The van der Waals surface area contributed by atoms with Gasteiger partial charge in [-0.2, -0.15) is 10.4 Å². The lowest BCUT2D eigenvalue weighted by Crippen LogP contribution is -2.61. The van der Waals surface area contributed by atoms with Crippen molar-refractivity contribution in [1.82, 2.24) is 19.7 Å². The highest BCUT2D eigenvalue weighted by atomic mass is 35.5. The first-order valence-electron chi connectivity index (χ1n) is 15.7. The van der Waals surface area contributed by atoms with Gasteiger partial charge in [-0.15, -0.1) is 5.73 Å². The zero-order valence-electron chi connectivity index (χ0n) is 26.3. The Kier molecular flexibility index (Phi) is 7.27. The van der Waals surface area contributed by atoms with Crippen LogP contribution in [0.4, 0.5) is 5.69 Å². The van der Waals surface area contributed by atoms with Crippen LogP contribution in [0.1, 0.15) is 44.2 Å². The first kappa shape index (κ1) is 29.9. The number of piperidine rings is 1. The summed E-state index contributed by atoms with van der Waals surface area (Å²) < 4.78 is 1.70. The number of carbonyl (C=O) groups is 1. The first-order chi connectivity index (χ1) is 22.2. The Morgan fingerprint density at radius 1 is 1.22 bits per heavy atom. The van der Waals surface area contributed by atoms with Gasteiger partial charge in [0.2, 0.25) is 5.91 Å². The summed E-state index contributed by atoms with van der Waals surface area (Å²) in [4.78, 5) is 30.7. The minimum Gasteiger partial charge on any atom is -0.370 e. The fourth-order valence-corrected chi connectivity index (χ4v) is 7.81. The largest absolute Gasteiger partial charge is 0.370 e. The van der Waals surface area contributed by atoms with Crippen LogP contribution in [0, 0.1) is 29.6 Å². The number of nitriles is 1. The third-order valence-corrected chi connectivity index (χ3v) is 10.4. The molecule has 0 bridgehead atoms. The number of halogens is 1. The third kappa shape index (κ3) is 4.62. The number of benzene rings is 2. The van der Waals surface area contributed by atoms with Crippen LogP contribution >= 0.6 is 11.6 Å². The zero-order chi connectivity index (χ0) is 32.3. The Morgan fingerprint density at radius 3 is 2.67 bits per heavy atom. The van der Waals surface area contributed by atoms with Crippen LogP contribution < -0.4 is 10.5 Å². The van der Waals surface area contributed by atoms with Crippen molar-refractivity contribution in [3.8, 4) is 17.2 Å². The molecule has 2 aromatic carbocycles. The quantitative estimate of drug-likeness (QED) is 0.190. The van der Waals surface area contributed by atoms with Gasteiger partial charge in [-0.1, -0.05) is 38.1 Å². The van der Waals surface area contributed by atoms with Crippen molar-refractivity contribution >= 4 is 50.7 Å². The van der Waals surface area contributed by atoms with Gasteiger partial charge in [-0.05, 0) is 79.2 Å². The average Bonchev–Trinajstić information content (AvgIpc) is 3.52. The lowest BCUT2D eigenvalue weighted by Gasteiger charge is -2.54. The number of nitrogens with zero attached hydrogens (tertiary/aromatic N) is 5. The number of anilines is 1. The molecule has 1 amide bonds. The van der Waals surface area contributed by atoms with Crippen LogP contribution in [0.5, 0.6) is 0 Å². The van der Waals surface area contributed by atoms with Crippen molar-refractivity contribution < 1.29 is 4.79 Å². The number of amides is 1. The Balaban J connectivity index is 1.45. The molecule has 2 aromatic heterocycles. The van der Waals surface area contributed by atoms with E-state index in [1.165, 1.54) is 6.08 Å². The normalized spacial score (nSPS) is 17.3. The monoisotopic (exact) mass is 630 g/mol. The lowest BCUT2D eigenvalue weighted by atomic mass is 9.71. The van der Waals surface area contributed by atoms with E-state index in [-0.39, 0.29) is 28.4 Å². The molecule has 46 heavy (non-hydrogen) atoms. The highest BCUT2D eigenvalue weighted by molar-refractivity contribution is 6.35. The minimum atomic E-state index is -0.351. The lowest BCUT2D eigenvalue weighted by molar-refractivity contribution is -0.139. The SMILES string of the molecule is C=CC(=O)N1CC2(CCN(c3c(C#N)c(=O)n(C4=C(C(C)C)CC=C=C4)c4cc(-c5c(C)ccc6[nH]ncc56)c(Cl)cc34)CC2)C1. The second kappa shape index (κ2) is 11.2. The number of aryl methyl sites for hydroxylation is 1. The predicted octanol–water partition coefficient (Wildman–Crippen LogP) is 6.98. The molecular weight excluding hydrogens is 596 g/mol. The topological polar surface area (TPSA) is 98.0 Å². The second-order valence-corrected chi connectivity index (χ2v) is 13.5. The van der Waals surface area contributed by atoms with Crippen molar-refractivity contribution in [2.24, 2.45) is 11.3 Å². The summed E-state index contributed by atoms with van der Waals surface area (Å²) in [7, 11) is 0. The van der Waals surface area contributed by atoms with E-state index < -0.39 is 0 Å². The molecule has 1 spiro atoms. The molecule has 0 radical (unpaired) electrons. The first-order valence-corrected chi connectivity index (χ1v) is 16.1. The van der Waals surface area contributed by atoms with E-state index in [1.807, 2.05) is 48.2 Å². The maximum Gasteiger partial charge on any atom is 0.275 e. The van der Waals surface area contributed by atoms with E-state index in [0.717, 1.165) is 57.1 Å². The van der Waals surface area contributed by atoms with Gasteiger partial charge < -0.3 is 9.80 Å². The number of hydrogen-bond donors (Lipinski definition) is 1. The fraction of sp³-hybridized carbons (Fsp3) is 0.324. The Morgan fingerprint density at radius 2 is 1.98 bits per heavy atom. The minimum absolute atomic E-state index is 0.0390. The van der Waals surface area contributed by atoms with Crippen molar-refractivity contribution in [3.63, 3.8) is 0 Å². The molecule has 8 nitrogen and oxygen atoms in total. The smallest absolute Gasteiger partial charge is 0.275 e. The summed E-state index contributed by atoms with van der Waals surface area (Å²) in [6, 6.07) is 10.3. The summed E-state index contributed by atoms with van der Waals surface area (Å²) in [5.41, 5.74) is 9.87. The molecule has 1 N–H and O–H groups in total. The Labute approximate surface area is 272 Å². The van der Waals surface area contributed by atoms with E-state index in [0.29, 0.717) is 48.8 Å². The number of carbonyl (C=O) groups excluding carboxylic acids is 1. The van der Waals surface area contributed by atoms with E-state index >= 15 is 0 Å². The summed E-state index contributed by atoms with van der Waals surface area (Å²) in [6.45, 7) is 12.6. The Bertz CT molecular complexity index is 2160. The van der Waals surface area contributed by atoms with Gasteiger partial charge in [0, 0.05) is 59.0 Å². The molecule has 0 saturated carbocycles. The van der Waals surface area contributed by atoms with Gasteiger partial charge in [0.15, 0.2) is 0 Å². The third-order valence-electron chi connectivity index (χ3n) is 10.1. The predicted molar refractivity (Wildman–Crippen MR) is 184 cm³/mol. The summed E-state index contributed by atoms with van der Waals surface area (Å²) in [6.07, 6.45) is 9.39. The molecule has 9 heteroatoms. The van der Waals surface area contributed by atoms with Crippen molar-refractivity contribution in [3.05, 3.63) is 93.1 Å². The molecule has 4 heterocycles. The molecule has 2 aliphatic heterocycles. The number of allylic oxidation sites excluding steroid dienone is 3. The van der Waals surface area contributed by atoms with Crippen LogP contribution in [-0.4, -0.2) is 51.8 Å². The van der Waals surface area contributed by atoms with E-state index in [1.54, 1.807) is 10.8 Å². The van der Waals surface area contributed by atoms with Crippen molar-refractivity contribution in [2.45, 2.75) is 40.0 Å². The van der Waals surface area contributed by atoms with E-state index in [4.69, 9.17) is 11.6 Å². The standard InChI is InChI=1S/C37H35ClN6O2/c1-5-33(45)43-20-37(21-43)12-14-42(15-13-37)35-26-16-29(38)25(34-23(4)10-11-30-28(34)19-40-41-30)17-32(26)44(36(46)27(35)18-39)31-9-7-6-8-24(31)22(2)3/h5-6,9-11,16-17,19,22H,1,8,12-15,20-21H2,2-4H3,(H,40,41). The molecule has 0 atom stereocenters. The number of aromatic nitrogens is 3. The number of likely N-dealkylation sites (tertiary alicyclic amines) is 1. The number of fused-ring (bicyclic) bond motifs is 2. The van der Waals surface area contributed by atoms with Crippen LogP contribution in [0.3, 0.4) is 0 Å². The zero-order valence-corrected chi connectivity index (χ0v) is 27.0. The molecule has 232 valence electrons. The number of pyridine rings is 1. The fourth-order valence-electron chi connectivity index (χ4n) is 7.55. The number of nitrogens with one attached hydrogen (secondary N) is 1. The molecule has 2 saturated heterocycles. The summed E-state index contributed by atoms with van der Waals surface area (Å²) in [5, 5.41) is 20.1. The van der Waals surface area contributed by atoms with Crippen LogP contribution in [0.15, 0.2) is 71.4 Å². The molecule has 1 aliphatic carbocycles. The van der Waals surface area contributed by atoms with Crippen molar-refractivity contribution in [1.29, 1.82) is 5.26 Å². The number of H-pyrrole nitrogens is 1. The van der Waals surface area contributed by atoms with Gasteiger partial charge in [0.1, 0.15) is 11.6 Å². The summed E-state index contributed by atoms with van der Waals surface area (Å²) in [5.74, 6) is 0.140. The molecular formula is C37H35ClN6O2. The molecule has 0 unspecified atom stereocenters. The maximum atomic E-state index is 14.6. The average molecular weight is 631 g/mol. The number of aromatic amines is 1. The number of hydrogen-bond acceptors (Lipinski definition) is 5. The maximum absolute atomic E-state index is 14.6. The van der Waals surface area contributed by atoms with Crippen molar-refractivity contribution in [2.75, 3.05) is 31.1 Å². The summed E-state index contributed by atoms with van der Waals surface area (Å²) >= 11 is 7.17. The van der Waals surface area contributed by atoms with E-state index in [9.17, 15) is 14.9 Å². The van der Waals surface area contributed by atoms with Gasteiger partial charge >= 0.3 is 0 Å². The van der Waals surface area contributed by atoms with Gasteiger partial charge in [-0.25, -0.2) is 0 Å². The van der Waals surface area contributed by atoms with Gasteiger partial charge in [0.25, 0.3) is 5.56 Å². The molecule has 4 aromatic rings. The Hall–Kier alpha value is -4.83. The van der Waals surface area contributed by atoms with E-state index in [2.05, 4.69) is 47.3 Å². The van der Waals surface area contributed by atoms with Crippen LogP contribution in [0.2, 0.25) is 5.02 Å². The second-order valence-electron chi connectivity index (χ2n) is 13.1. The molecule has 3 aliphatic rings. The highest BCUT2D eigenvalue weighted by Crippen LogP contribution is 2.45. The molecule has 2 fully saturated rings. The highest BCUT2D eigenvalue weighted by Gasteiger charge is 2.46. The molecule has 7 rings (SSSR count).